The predicted octanol–water partition coefficient (Wildman–Crippen LogP) is 1.93. The van der Waals surface area contributed by atoms with Crippen LogP contribution in [-0.4, -0.2) is 64.9 Å². The summed E-state index contributed by atoms with van der Waals surface area (Å²) in [5.41, 5.74) is -0.634. The van der Waals surface area contributed by atoms with Crippen molar-refractivity contribution >= 4 is 29.4 Å². The summed E-state index contributed by atoms with van der Waals surface area (Å²) < 4.78 is 5.54. The average molecular weight is 425 g/mol. The van der Waals surface area contributed by atoms with Gasteiger partial charge in [0.15, 0.2) is 6.61 Å². The Balaban J connectivity index is 1.44. The molecule has 1 saturated carbocycles. The summed E-state index contributed by atoms with van der Waals surface area (Å²) in [5, 5.41) is 0. The molecule has 1 aromatic rings. The number of nitrogens with zero attached hydrogens (tertiary/aromatic N) is 3. The van der Waals surface area contributed by atoms with Crippen molar-refractivity contribution < 1.29 is 23.9 Å². The number of para-hydroxylation sites is 1. The van der Waals surface area contributed by atoms with Crippen LogP contribution in [0.3, 0.4) is 0 Å². The molecule has 0 aromatic heterocycles. The average Bonchev–Trinajstić information content (AvgIpc) is 3.54. The lowest BCUT2D eigenvalue weighted by atomic mass is 9.96. The Hall–Kier alpha value is -2.90. The summed E-state index contributed by atoms with van der Waals surface area (Å²) in [7, 11) is 0. The number of benzene rings is 1. The van der Waals surface area contributed by atoms with E-state index in [2.05, 4.69) is 6.92 Å². The maximum atomic E-state index is 13.5. The number of carbonyl (C=O) groups is 4. The first-order valence-electron chi connectivity index (χ1n) is 11.1. The molecular formula is C23H27N3O5. The fourth-order valence-corrected chi connectivity index (χ4v) is 5.26. The number of hydrogen-bond donors (Lipinski definition) is 0. The van der Waals surface area contributed by atoms with Crippen molar-refractivity contribution in [1.82, 2.24) is 9.80 Å². The smallest absolute Gasteiger partial charge is 0.354 e. The van der Waals surface area contributed by atoms with Crippen LogP contribution in [0.25, 0.3) is 0 Å². The highest BCUT2D eigenvalue weighted by Gasteiger charge is 2.64. The van der Waals surface area contributed by atoms with Crippen molar-refractivity contribution in [3.8, 4) is 0 Å². The molecule has 1 aliphatic carbocycles. The van der Waals surface area contributed by atoms with Gasteiger partial charge in [-0.3, -0.25) is 19.3 Å². The molecule has 5 rings (SSSR count). The van der Waals surface area contributed by atoms with E-state index in [4.69, 9.17) is 4.74 Å². The van der Waals surface area contributed by atoms with Gasteiger partial charge in [0.1, 0.15) is 0 Å². The second-order valence-corrected chi connectivity index (χ2v) is 9.13. The summed E-state index contributed by atoms with van der Waals surface area (Å²) >= 11 is 0. The van der Waals surface area contributed by atoms with Gasteiger partial charge in [-0.15, -0.1) is 0 Å². The second-order valence-electron chi connectivity index (χ2n) is 9.13. The Morgan fingerprint density at radius 2 is 1.94 bits per heavy atom. The third-order valence-corrected chi connectivity index (χ3v) is 6.87. The predicted molar refractivity (Wildman–Crippen MR) is 111 cm³/mol. The molecule has 164 valence electrons. The number of esters is 1. The van der Waals surface area contributed by atoms with Crippen molar-refractivity contribution in [2.24, 2.45) is 5.92 Å². The minimum Gasteiger partial charge on any atom is -0.452 e. The Morgan fingerprint density at radius 3 is 2.68 bits per heavy atom. The Labute approximate surface area is 181 Å². The molecule has 31 heavy (non-hydrogen) atoms. The van der Waals surface area contributed by atoms with Gasteiger partial charge in [-0.05, 0) is 43.7 Å². The lowest BCUT2D eigenvalue weighted by Crippen LogP contribution is -2.69. The quantitative estimate of drug-likeness (QED) is 0.688. The van der Waals surface area contributed by atoms with E-state index in [0.717, 1.165) is 25.7 Å². The molecule has 3 heterocycles. The van der Waals surface area contributed by atoms with E-state index in [-0.39, 0.29) is 43.2 Å². The van der Waals surface area contributed by atoms with E-state index < -0.39 is 11.6 Å². The molecule has 0 spiro atoms. The van der Waals surface area contributed by atoms with Gasteiger partial charge in [-0.2, -0.15) is 0 Å². The fourth-order valence-electron chi connectivity index (χ4n) is 5.26. The van der Waals surface area contributed by atoms with Crippen LogP contribution < -0.4 is 4.90 Å². The number of anilines is 1. The van der Waals surface area contributed by atoms with Gasteiger partial charge in [0.2, 0.25) is 11.6 Å². The van der Waals surface area contributed by atoms with Gasteiger partial charge in [-0.1, -0.05) is 19.1 Å². The molecule has 3 fully saturated rings. The summed E-state index contributed by atoms with van der Waals surface area (Å²) in [4.78, 5) is 57.2. The van der Waals surface area contributed by atoms with Crippen molar-refractivity contribution in [2.45, 2.75) is 57.2 Å². The van der Waals surface area contributed by atoms with Crippen LogP contribution in [0.5, 0.6) is 0 Å². The zero-order valence-corrected chi connectivity index (χ0v) is 17.7. The normalized spacial score (nSPS) is 27.8. The third-order valence-electron chi connectivity index (χ3n) is 6.87. The number of fused-ring (bicyclic) bond motifs is 3. The van der Waals surface area contributed by atoms with Gasteiger partial charge in [-0.25, -0.2) is 4.79 Å². The minimum atomic E-state index is -1.50. The highest BCUT2D eigenvalue weighted by molar-refractivity contribution is 6.15. The van der Waals surface area contributed by atoms with E-state index in [1.165, 1.54) is 4.90 Å². The van der Waals surface area contributed by atoms with Gasteiger partial charge in [0.05, 0.1) is 11.3 Å². The van der Waals surface area contributed by atoms with E-state index in [9.17, 15) is 19.2 Å². The van der Waals surface area contributed by atoms with Gasteiger partial charge >= 0.3 is 5.97 Å². The minimum absolute atomic E-state index is 0.0968. The molecule has 2 saturated heterocycles. The number of hydrogen-bond acceptors (Lipinski definition) is 5. The summed E-state index contributed by atoms with van der Waals surface area (Å²) in [5.74, 6) is -0.956. The molecule has 3 aliphatic heterocycles. The van der Waals surface area contributed by atoms with E-state index in [1.807, 2.05) is 0 Å². The maximum absolute atomic E-state index is 13.5. The first kappa shape index (κ1) is 20.0. The highest BCUT2D eigenvalue weighted by atomic mass is 16.5. The van der Waals surface area contributed by atoms with Crippen LogP contribution in [-0.2, 0) is 19.1 Å². The van der Waals surface area contributed by atoms with Crippen LogP contribution in [0.15, 0.2) is 24.3 Å². The molecule has 0 N–H and O–H groups in total. The summed E-state index contributed by atoms with van der Waals surface area (Å²) in [6, 6.07) is 6.80. The maximum Gasteiger partial charge on any atom is 0.354 e. The number of likely N-dealkylation sites (tertiary alicyclic amines) is 1. The van der Waals surface area contributed by atoms with Crippen LogP contribution in [0.4, 0.5) is 5.69 Å². The SMILES string of the molecule is C[C@H]1CCCN(C(=O)COC(=O)[C@]23CCC(=O)N2c2ccccc2C(=O)N3C2CC2)C1. The first-order valence-corrected chi connectivity index (χ1v) is 11.1. The standard InChI is InChI=1S/C23H27N3O5/c1-15-5-4-12-24(13-15)20(28)14-31-22(30)23-11-10-19(27)26(23)18-7-3-2-6-17(18)21(29)25(23)16-8-9-16/h2-3,6-7,15-16H,4-5,8-14H2,1H3/t15-,23-/m0/s1. The second kappa shape index (κ2) is 7.35. The monoisotopic (exact) mass is 425 g/mol. The van der Waals surface area contributed by atoms with E-state index in [0.29, 0.717) is 30.3 Å². The summed E-state index contributed by atoms with van der Waals surface area (Å²) in [6.45, 7) is 3.05. The van der Waals surface area contributed by atoms with Crippen LogP contribution in [0, 0.1) is 5.92 Å². The van der Waals surface area contributed by atoms with Crippen molar-refractivity contribution in [1.29, 1.82) is 0 Å². The number of carbonyl (C=O) groups excluding carboxylic acids is 4. The Morgan fingerprint density at radius 1 is 1.16 bits per heavy atom. The fraction of sp³-hybridized carbons (Fsp3) is 0.565. The number of rotatable bonds is 4. The van der Waals surface area contributed by atoms with Gasteiger partial charge < -0.3 is 14.5 Å². The van der Waals surface area contributed by atoms with Crippen molar-refractivity contribution in [3.63, 3.8) is 0 Å². The molecule has 3 amide bonds. The molecule has 2 atom stereocenters. The van der Waals surface area contributed by atoms with Crippen LogP contribution in [0.1, 0.15) is 55.8 Å². The molecular weight excluding hydrogens is 398 g/mol. The molecule has 8 nitrogen and oxygen atoms in total. The molecule has 0 unspecified atom stereocenters. The number of amides is 3. The van der Waals surface area contributed by atoms with E-state index >= 15 is 0 Å². The van der Waals surface area contributed by atoms with Crippen LogP contribution in [0.2, 0.25) is 0 Å². The zero-order chi connectivity index (χ0) is 21.8. The molecule has 8 heteroatoms. The van der Waals surface area contributed by atoms with Gasteiger partial charge in [0, 0.05) is 32.0 Å². The van der Waals surface area contributed by atoms with Gasteiger partial charge in [0.25, 0.3) is 11.8 Å². The third kappa shape index (κ3) is 3.11. The molecule has 0 bridgehead atoms. The zero-order valence-electron chi connectivity index (χ0n) is 17.7. The molecule has 1 aromatic carbocycles. The largest absolute Gasteiger partial charge is 0.452 e. The first-order chi connectivity index (χ1) is 14.9. The summed E-state index contributed by atoms with van der Waals surface area (Å²) in [6.07, 6.45) is 3.92. The number of piperidine rings is 1. The molecule has 4 aliphatic rings. The van der Waals surface area contributed by atoms with Crippen LogP contribution >= 0.6 is 0 Å². The number of ether oxygens (including phenoxy) is 1. The molecule has 0 radical (unpaired) electrons. The Bertz CT molecular complexity index is 958. The van der Waals surface area contributed by atoms with Crippen molar-refractivity contribution in [2.75, 3.05) is 24.6 Å². The van der Waals surface area contributed by atoms with E-state index in [1.54, 1.807) is 34.1 Å². The lowest BCUT2D eigenvalue weighted by molar-refractivity contribution is -0.162. The highest BCUT2D eigenvalue weighted by Crippen LogP contribution is 2.49. The topological polar surface area (TPSA) is 87.2 Å². The lowest BCUT2D eigenvalue weighted by Gasteiger charge is -2.48. The Kier molecular flexibility index (Phi) is 4.75. The van der Waals surface area contributed by atoms with Crippen molar-refractivity contribution in [3.05, 3.63) is 29.8 Å².